The van der Waals surface area contributed by atoms with E-state index in [1.54, 1.807) is 49.2 Å². The van der Waals surface area contributed by atoms with E-state index >= 15 is 0 Å². The largest absolute Gasteiger partial charge is 0.340 e. The van der Waals surface area contributed by atoms with Gasteiger partial charge in [-0.05, 0) is 56.3 Å². The maximum absolute atomic E-state index is 12.8. The average molecular weight is 412 g/mol. The first-order chi connectivity index (χ1) is 12.2. The topological polar surface area (TPSA) is 78.5 Å². The minimum atomic E-state index is -3.79. The smallest absolute Gasteiger partial charge is 0.262 e. The lowest BCUT2D eigenvalue weighted by Gasteiger charge is -2.18. The number of nitrogens with one attached hydrogen (secondary N) is 2. The van der Waals surface area contributed by atoms with Gasteiger partial charge in [0.2, 0.25) is 0 Å². The Labute approximate surface area is 167 Å². The number of rotatable bonds is 7. The molecule has 1 amide bonds. The van der Waals surface area contributed by atoms with E-state index in [4.69, 9.17) is 0 Å². The molecule has 6 nitrogen and oxygen atoms in total. The first-order valence-corrected chi connectivity index (χ1v) is 9.83. The Morgan fingerprint density at radius 3 is 2.44 bits per heavy atom. The standard InChI is InChI=1S/C19H25N3O3S.ClH/c1-14-6-5-7-17(12-14)21-26(24,25)18-13-16(9-8-15(18)2)19(23)22(4)11-10-20-3;/h5-9,12-13,20-21H,10-11H2,1-4H3;1H. The third-order valence-electron chi connectivity index (χ3n) is 4.04. The summed E-state index contributed by atoms with van der Waals surface area (Å²) in [4.78, 5) is 14.2. The van der Waals surface area contributed by atoms with Crippen molar-refractivity contribution in [2.75, 3.05) is 31.9 Å². The number of nitrogens with zero attached hydrogens (tertiary/aromatic N) is 1. The molecule has 8 heteroatoms. The summed E-state index contributed by atoms with van der Waals surface area (Å²) in [6.07, 6.45) is 0. The number of anilines is 1. The molecule has 0 aliphatic carbocycles. The molecule has 0 fully saturated rings. The summed E-state index contributed by atoms with van der Waals surface area (Å²) in [5, 5.41) is 2.98. The van der Waals surface area contributed by atoms with Crippen LogP contribution in [0.2, 0.25) is 0 Å². The summed E-state index contributed by atoms with van der Waals surface area (Å²) in [7, 11) is -0.288. The highest BCUT2D eigenvalue weighted by molar-refractivity contribution is 7.92. The minimum Gasteiger partial charge on any atom is -0.340 e. The molecule has 2 aromatic carbocycles. The molecule has 0 aliphatic rings. The molecule has 0 saturated heterocycles. The van der Waals surface area contributed by atoms with Gasteiger partial charge in [-0.3, -0.25) is 9.52 Å². The van der Waals surface area contributed by atoms with Crippen LogP contribution in [0.15, 0.2) is 47.4 Å². The fourth-order valence-corrected chi connectivity index (χ4v) is 3.86. The van der Waals surface area contributed by atoms with E-state index in [1.165, 1.54) is 6.07 Å². The normalized spacial score (nSPS) is 10.8. The number of hydrogen-bond donors (Lipinski definition) is 2. The van der Waals surface area contributed by atoms with Gasteiger partial charge in [0.15, 0.2) is 0 Å². The SMILES string of the molecule is CNCCN(C)C(=O)c1ccc(C)c(S(=O)(=O)Nc2cccc(C)c2)c1.Cl. The van der Waals surface area contributed by atoms with Gasteiger partial charge in [0, 0.05) is 31.4 Å². The van der Waals surface area contributed by atoms with Crippen molar-refractivity contribution in [2.24, 2.45) is 0 Å². The first kappa shape index (κ1) is 23.0. The van der Waals surface area contributed by atoms with Gasteiger partial charge >= 0.3 is 0 Å². The van der Waals surface area contributed by atoms with Crippen molar-refractivity contribution < 1.29 is 13.2 Å². The van der Waals surface area contributed by atoms with Crippen molar-refractivity contribution in [1.82, 2.24) is 10.2 Å². The molecule has 0 aliphatic heterocycles. The first-order valence-electron chi connectivity index (χ1n) is 8.35. The predicted molar refractivity (Wildman–Crippen MR) is 111 cm³/mol. The molecule has 0 radical (unpaired) electrons. The number of amides is 1. The van der Waals surface area contributed by atoms with Gasteiger partial charge in [-0.2, -0.15) is 0 Å². The van der Waals surface area contributed by atoms with Crippen LogP contribution >= 0.6 is 12.4 Å². The Bertz CT molecular complexity index is 901. The maximum atomic E-state index is 12.8. The second kappa shape index (κ2) is 9.73. The third kappa shape index (κ3) is 5.95. The van der Waals surface area contributed by atoms with Crippen molar-refractivity contribution in [1.29, 1.82) is 0 Å². The van der Waals surface area contributed by atoms with Gasteiger partial charge in [-0.15, -0.1) is 12.4 Å². The summed E-state index contributed by atoms with van der Waals surface area (Å²) in [6, 6.07) is 11.9. The van der Waals surface area contributed by atoms with Gasteiger partial charge in [0.25, 0.3) is 15.9 Å². The predicted octanol–water partition coefficient (Wildman–Crippen LogP) is 2.82. The van der Waals surface area contributed by atoms with E-state index in [2.05, 4.69) is 10.0 Å². The van der Waals surface area contributed by atoms with Crippen LogP contribution in [0.1, 0.15) is 21.5 Å². The summed E-state index contributed by atoms with van der Waals surface area (Å²) in [6.45, 7) is 4.80. The van der Waals surface area contributed by atoms with E-state index in [-0.39, 0.29) is 23.2 Å². The molecule has 2 aromatic rings. The highest BCUT2D eigenvalue weighted by Gasteiger charge is 2.20. The lowest BCUT2D eigenvalue weighted by atomic mass is 10.1. The van der Waals surface area contributed by atoms with Crippen molar-refractivity contribution in [3.63, 3.8) is 0 Å². The molecule has 0 unspecified atom stereocenters. The zero-order valence-electron chi connectivity index (χ0n) is 15.9. The monoisotopic (exact) mass is 411 g/mol. The molecule has 0 aromatic heterocycles. The van der Waals surface area contributed by atoms with Gasteiger partial charge in [0.1, 0.15) is 0 Å². The Balaban J connectivity index is 0.00000364. The fourth-order valence-electron chi connectivity index (χ4n) is 2.54. The molecule has 0 saturated carbocycles. The average Bonchev–Trinajstić information content (AvgIpc) is 2.58. The molecule has 0 bridgehead atoms. The zero-order chi connectivity index (χ0) is 19.3. The summed E-state index contributed by atoms with van der Waals surface area (Å²) in [5.74, 6) is -0.216. The highest BCUT2D eigenvalue weighted by Crippen LogP contribution is 2.22. The van der Waals surface area contributed by atoms with E-state index in [0.29, 0.717) is 29.9 Å². The van der Waals surface area contributed by atoms with E-state index in [9.17, 15) is 13.2 Å². The fraction of sp³-hybridized carbons (Fsp3) is 0.316. The lowest BCUT2D eigenvalue weighted by molar-refractivity contribution is 0.0796. The molecule has 148 valence electrons. The highest BCUT2D eigenvalue weighted by atomic mass is 35.5. The van der Waals surface area contributed by atoms with Crippen LogP contribution in [0.25, 0.3) is 0 Å². The summed E-state index contributed by atoms with van der Waals surface area (Å²) in [5.41, 5.74) is 2.38. The molecule has 2 N–H and O–H groups in total. The molecule has 27 heavy (non-hydrogen) atoms. The Kier molecular flexibility index (Phi) is 8.27. The number of carbonyl (C=O) groups excluding carboxylic acids is 1. The maximum Gasteiger partial charge on any atom is 0.262 e. The van der Waals surface area contributed by atoms with Crippen LogP contribution in [0, 0.1) is 13.8 Å². The zero-order valence-corrected chi connectivity index (χ0v) is 17.6. The van der Waals surface area contributed by atoms with E-state index in [1.807, 2.05) is 20.0 Å². The number of aryl methyl sites for hydroxylation is 2. The number of hydrogen-bond acceptors (Lipinski definition) is 4. The van der Waals surface area contributed by atoms with Crippen LogP contribution in [-0.4, -0.2) is 46.4 Å². The Morgan fingerprint density at radius 1 is 1.11 bits per heavy atom. The van der Waals surface area contributed by atoms with Gasteiger partial charge in [-0.1, -0.05) is 18.2 Å². The number of benzene rings is 2. The van der Waals surface area contributed by atoms with Crippen LogP contribution in [0.5, 0.6) is 0 Å². The number of halogens is 1. The van der Waals surface area contributed by atoms with Crippen LogP contribution < -0.4 is 10.0 Å². The summed E-state index contributed by atoms with van der Waals surface area (Å²) < 4.78 is 28.2. The van der Waals surface area contributed by atoms with E-state index in [0.717, 1.165) is 5.56 Å². The van der Waals surface area contributed by atoms with Crippen LogP contribution in [0.4, 0.5) is 5.69 Å². The Hall–Kier alpha value is -2.09. The lowest BCUT2D eigenvalue weighted by Crippen LogP contribution is -2.33. The molecular weight excluding hydrogens is 386 g/mol. The number of likely N-dealkylation sites (N-methyl/N-ethyl adjacent to an activating group) is 2. The number of sulfonamides is 1. The van der Waals surface area contributed by atoms with E-state index < -0.39 is 10.0 Å². The Morgan fingerprint density at radius 2 is 1.81 bits per heavy atom. The van der Waals surface area contributed by atoms with Gasteiger partial charge in [0.05, 0.1) is 4.90 Å². The quantitative estimate of drug-likeness (QED) is 0.734. The minimum absolute atomic E-state index is 0. The second-order valence-electron chi connectivity index (χ2n) is 6.29. The molecular formula is C19H26ClN3O3S. The third-order valence-corrected chi connectivity index (χ3v) is 5.56. The molecule has 0 atom stereocenters. The van der Waals surface area contributed by atoms with Crippen molar-refractivity contribution in [3.8, 4) is 0 Å². The molecule has 0 heterocycles. The second-order valence-corrected chi connectivity index (χ2v) is 7.94. The van der Waals surface area contributed by atoms with Crippen LogP contribution in [-0.2, 0) is 10.0 Å². The molecule has 0 spiro atoms. The van der Waals surface area contributed by atoms with Gasteiger partial charge < -0.3 is 10.2 Å². The van der Waals surface area contributed by atoms with Gasteiger partial charge in [-0.25, -0.2) is 8.42 Å². The van der Waals surface area contributed by atoms with Crippen molar-refractivity contribution in [2.45, 2.75) is 18.7 Å². The number of carbonyl (C=O) groups is 1. The van der Waals surface area contributed by atoms with Crippen molar-refractivity contribution in [3.05, 3.63) is 59.2 Å². The van der Waals surface area contributed by atoms with Crippen molar-refractivity contribution >= 4 is 34.0 Å². The van der Waals surface area contributed by atoms with Crippen LogP contribution in [0.3, 0.4) is 0 Å². The molecule has 2 rings (SSSR count). The summed E-state index contributed by atoms with van der Waals surface area (Å²) >= 11 is 0.